The van der Waals surface area contributed by atoms with Gasteiger partial charge in [-0.25, -0.2) is 9.52 Å². The number of aryl methyl sites for hydroxylation is 2. The van der Waals surface area contributed by atoms with E-state index in [4.69, 9.17) is 0 Å². The molecule has 8 heteroatoms. The second kappa shape index (κ2) is 7.41. The molecule has 0 aromatic heterocycles. The first-order valence-electron chi connectivity index (χ1n) is 9.90. The lowest BCUT2D eigenvalue weighted by Crippen LogP contribution is -2.50. The highest BCUT2D eigenvalue weighted by Gasteiger charge is 2.30. The minimum atomic E-state index is -3.82. The number of nitrogens with one attached hydrogen (secondary N) is 3. The average molecular weight is 393 g/mol. The third kappa shape index (κ3) is 3.70. The van der Waals surface area contributed by atoms with Crippen LogP contribution in [-0.4, -0.2) is 44.9 Å². The number of benzene rings is 1. The molecule has 0 saturated carbocycles. The molecule has 148 valence electrons. The molecular weight excluding hydrogens is 364 g/mol. The van der Waals surface area contributed by atoms with Gasteiger partial charge in [0.25, 0.3) is 0 Å². The molecule has 7 nitrogen and oxygen atoms in total. The molecule has 1 fully saturated rings. The third-order valence-electron chi connectivity index (χ3n) is 6.14. The molecule has 0 unspecified atom stereocenters. The zero-order valence-electron chi connectivity index (χ0n) is 15.8. The van der Waals surface area contributed by atoms with Crippen LogP contribution in [0.15, 0.2) is 6.07 Å². The molecule has 3 N–H and O–H groups in total. The van der Waals surface area contributed by atoms with Gasteiger partial charge in [-0.2, -0.15) is 12.7 Å². The number of carbonyl (C=O) groups excluding carboxylic acids is 1. The Balaban J connectivity index is 1.48. The third-order valence-corrected chi connectivity index (χ3v) is 7.62. The lowest BCUT2D eigenvalue weighted by molar-refractivity contribution is 0.254. The molecule has 4 rings (SSSR count). The molecule has 2 amide bonds. The maximum absolute atomic E-state index is 12.6. The van der Waals surface area contributed by atoms with E-state index in [-0.39, 0.29) is 0 Å². The van der Waals surface area contributed by atoms with Gasteiger partial charge >= 0.3 is 16.2 Å². The smallest absolute Gasteiger partial charge is 0.317 e. The van der Waals surface area contributed by atoms with Crippen LogP contribution in [0, 0.1) is 0 Å². The molecule has 0 spiro atoms. The van der Waals surface area contributed by atoms with Crippen molar-refractivity contribution in [2.75, 3.05) is 25.5 Å². The number of piperidine rings is 1. The van der Waals surface area contributed by atoms with Crippen molar-refractivity contribution in [2.45, 2.75) is 57.4 Å². The minimum Gasteiger partial charge on any atom is -0.317 e. The maximum Gasteiger partial charge on any atom is 0.333 e. The summed E-state index contributed by atoms with van der Waals surface area (Å²) in [6.07, 6.45) is 7.65. The highest BCUT2D eigenvalue weighted by atomic mass is 32.2. The highest BCUT2D eigenvalue weighted by Crippen LogP contribution is 2.38. The molecule has 0 bridgehead atoms. The Morgan fingerprint density at radius 1 is 1.04 bits per heavy atom. The lowest BCUT2D eigenvalue weighted by Gasteiger charge is -2.30. The monoisotopic (exact) mass is 392 g/mol. The van der Waals surface area contributed by atoms with Crippen LogP contribution >= 0.6 is 0 Å². The molecule has 1 heterocycles. The van der Waals surface area contributed by atoms with Crippen LogP contribution < -0.4 is 15.4 Å². The van der Waals surface area contributed by atoms with Crippen molar-refractivity contribution in [1.29, 1.82) is 0 Å². The Hall–Kier alpha value is -1.64. The van der Waals surface area contributed by atoms with Crippen LogP contribution in [0.5, 0.6) is 0 Å². The topological polar surface area (TPSA) is 90.5 Å². The van der Waals surface area contributed by atoms with E-state index < -0.39 is 16.2 Å². The summed E-state index contributed by atoms with van der Waals surface area (Å²) in [5.41, 5.74) is 5.86. The van der Waals surface area contributed by atoms with Gasteiger partial charge in [0.05, 0.1) is 0 Å². The van der Waals surface area contributed by atoms with E-state index in [0.29, 0.717) is 19.1 Å². The molecular formula is C19H28N4O3S. The lowest BCUT2D eigenvalue weighted by atomic mass is 9.99. The van der Waals surface area contributed by atoms with E-state index >= 15 is 0 Å². The Kier molecular flexibility index (Phi) is 5.13. The summed E-state index contributed by atoms with van der Waals surface area (Å²) in [7, 11) is -1.93. The molecule has 1 aromatic rings. The van der Waals surface area contributed by atoms with E-state index in [2.05, 4.69) is 21.4 Å². The fourth-order valence-electron chi connectivity index (χ4n) is 4.67. The number of rotatable bonds is 4. The highest BCUT2D eigenvalue weighted by molar-refractivity contribution is 7.87. The van der Waals surface area contributed by atoms with Gasteiger partial charge in [0.1, 0.15) is 0 Å². The zero-order valence-corrected chi connectivity index (χ0v) is 16.6. The summed E-state index contributed by atoms with van der Waals surface area (Å²) in [5, 5.41) is 6.07. The maximum atomic E-state index is 12.6. The average Bonchev–Trinajstić information content (AvgIpc) is 3.30. The Labute approximate surface area is 161 Å². The van der Waals surface area contributed by atoms with Gasteiger partial charge in [0, 0.05) is 24.8 Å². The number of carbonyl (C=O) groups is 1. The van der Waals surface area contributed by atoms with Crippen molar-refractivity contribution >= 4 is 21.9 Å². The first-order valence-corrected chi connectivity index (χ1v) is 11.3. The first kappa shape index (κ1) is 18.7. The Morgan fingerprint density at radius 3 is 2.19 bits per heavy atom. The van der Waals surface area contributed by atoms with Crippen molar-refractivity contribution in [2.24, 2.45) is 0 Å². The fourth-order valence-corrected chi connectivity index (χ4v) is 5.78. The Morgan fingerprint density at radius 2 is 1.63 bits per heavy atom. The molecule has 1 aromatic carbocycles. The van der Waals surface area contributed by atoms with E-state index in [1.165, 1.54) is 26.6 Å². The molecule has 3 aliphatic rings. The molecule has 1 aliphatic heterocycles. The van der Waals surface area contributed by atoms with Crippen LogP contribution in [0.2, 0.25) is 0 Å². The van der Waals surface area contributed by atoms with E-state index in [1.54, 1.807) is 0 Å². The number of hydrogen-bond donors (Lipinski definition) is 3. The van der Waals surface area contributed by atoms with Gasteiger partial charge in [-0.05, 0) is 80.7 Å². The second-order valence-corrected chi connectivity index (χ2v) is 9.43. The van der Waals surface area contributed by atoms with Crippen LogP contribution in [-0.2, 0) is 35.9 Å². The van der Waals surface area contributed by atoms with Crippen LogP contribution in [0.25, 0.3) is 0 Å². The second-order valence-electron chi connectivity index (χ2n) is 7.76. The van der Waals surface area contributed by atoms with Gasteiger partial charge in [0.15, 0.2) is 0 Å². The number of urea groups is 1. The van der Waals surface area contributed by atoms with Crippen molar-refractivity contribution in [3.63, 3.8) is 0 Å². The molecule has 0 atom stereocenters. The molecule has 1 saturated heterocycles. The largest absolute Gasteiger partial charge is 0.333 e. The zero-order chi connectivity index (χ0) is 19.0. The summed E-state index contributed by atoms with van der Waals surface area (Å²) in [6.45, 7) is 0.842. The van der Waals surface area contributed by atoms with Crippen LogP contribution in [0.1, 0.15) is 47.9 Å². The molecule has 2 aliphatic carbocycles. The van der Waals surface area contributed by atoms with E-state index in [0.717, 1.165) is 57.1 Å². The number of hydrogen-bond acceptors (Lipinski definition) is 4. The van der Waals surface area contributed by atoms with Crippen LogP contribution in [0.4, 0.5) is 10.5 Å². The quantitative estimate of drug-likeness (QED) is 0.728. The van der Waals surface area contributed by atoms with Gasteiger partial charge in [-0.15, -0.1) is 0 Å². The molecule has 0 radical (unpaired) electrons. The summed E-state index contributed by atoms with van der Waals surface area (Å²) >= 11 is 0. The van der Waals surface area contributed by atoms with E-state index in [9.17, 15) is 13.2 Å². The predicted octanol–water partition coefficient (Wildman–Crippen LogP) is 1.71. The number of fused-ring (bicyclic) bond motifs is 2. The van der Waals surface area contributed by atoms with Gasteiger partial charge in [-0.1, -0.05) is 6.07 Å². The standard InChI is InChI=1S/C19H28N4O3S/c1-20-15-8-10-23(11-9-15)27(25,26)22-19(24)21-18-16-6-2-4-13(16)12-14-5-3-7-17(14)18/h12,15,20H,2-11H2,1H3,(H2,21,22,24). The van der Waals surface area contributed by atoms with Crippen molar-refractivity contribution < 1.29 is 13.2 Å². The van der Waals surface area contributed by atoms with Gasteiger partial charge in [0.2, 0.25) is 0 Å². The summed E-state index contributed by atoms with van der Waals surface area (Å²) in [5.74, 6) is 0. The summed E-state index contributed by atoms with van der Waals surface area (Å²) in [4.78, 5) is 12.6. The van der Waals surface area contributed by atoms with Crippen molar-refractivity contribution in [1.82, 2.24) is 14.3 Å². The predicted molar refractivity (Wildman–Crippen MR) is 105 cm³/mol. The normalized spacial score (nSPS) is 20.3. The first-order chi connectivity index (χ1) is 13.0. The van der Waals surface area contributed by atoms with E-state index in [1.807, 2.05) is 7.05 Å². The SMILES string of the molecule is CNC1CCN(S(=O)(=O)NC(=O)Nc2c3c(cc4c2CCC4)CCC3)CC1. The summed E-state index contributed by atoms with van der Waals surface area (Å²) in [6, 6.07) is 1.97. The molecule has 27 heavy (non-hydrogen) atoms. The van der Waals surface area contributed by atoms with Crippen LogP contribution in [0.3, 0.4) is 0 Å². The number of nitrogens with zero attached hydrogens (tertiary/aromatic N) is 1. The van der Waals surface area contributed by atoms with Gasteiger partial charge in [-0.3, -0.25) is 0 Å². The minimum absolute atomic E-state index is 0.333. The summed E-state index contributed by atoms with van der Waals surface area (Å²) < 4.78 is 28.7. The van der Waals surface area contributed by atoms with Crippen molar-refractivity contribution in [3.8, 4) is 0 Å². The van der Waals surface area contributed by atoms with Gasteiger partial charge < -0.3 is 10.6 Å². The van der Waals surface area contributed by atoms with Crippen molar-refractivity contribution in [3.05, 3.63) is 28.3 Å². The number of amides is 2. The fraction of sp³-hybridized carbons (Fsp3) is 0.632. The Bertz CT molecular complexity index is 813. The number of anilines is 1.